The zero-order chi connectivity index (χ0) is 20.9. The van der Waals surface area contributed by atoms with Crippen LogP contribution < -0.4 is 0 Å². The van der Waals surface area contributed by atoms with Gasteiger partial charge in [0.15, 0.2) is 0 Å². The van der Waals surface area contributed by atoms with Crippen molar-refractivity contribution in [1.29, 1.82) is 0 Å². The number of hydrogen-bond acceptors (Lipinski definition) is 5. The molecule has 156 valence electrons. The molecule has 2 fully saturated rings. The summed E-state index contributed by atoms with van der Waals surface area (Å²) in [5.74, 6) is 1.40. The van der Waals surface area contributed by atoms with E-state index in [0.29, 0.717) is 40.4 Å². The highest BCUT2D eigenvalue weighted by atomic mass is 35.5. The lowest BCUT2D eigenvalue weighted by Gasteiger charge is -2.32. The Balaban J connectivity index is 1.29. The van der Waals surface area contributed by atoms with Crippen molar-refractivity contribution >= 4 is 21.6 Å². The lowest BCUT2D eigenvalue weighted by Crippen LogP contribution is -2.39. The van der Waals surface area contributed by atoms with E-state index >= 15 is 0 Å². The third kappa shape index (κ3) is 3.35. The fourth-order valence-electron chi connectivity index (χ4n) is 4.49. The molecule has 1 aliphatic heterocycles. The molecule has 3 aromatic rings. The molecule has 0 bridgehead atoms. The zero-order valence-electron chi connectivity index (χ0n) is 16.6. The molecule has 1 saturated heterocycles. The predicted molar refractivity (Wildman–Crippen MR) is 114 cm³/mol. The third-order valence-electron chi connectivity index (χ3n) is 6.44. The average Bonchev–Trinajstić information content (AvgIpc) is 3.21. The second kappa shape index (κ2) is 7.18. The van der Waals surface area contributed by atoms with Gasteiger partial charge in [0.25, 0.3) is 0 Å². The molecule has 0 radical (unpaired) electrons. The molecule has 1 aromatic heterocycles. The molecule has 6 nitrogen and oxygen atoms in total. The highest BCUT2D eigenvalue weighted by Crippen LogP contribution is 2.64. The van der Waals surface area contributed by atoms with Crippen molar-refractivity contribution in [3.05, 3.63) is 65.0 Å². The van der Waals surface area contributed by atoms with Gasteiger partial charge in [-0.2, -0.15) is 4.31 Å². The van der Waals surface area contributed by atoms with Crippen molar-refractivity contribution < 1.29 is 12.8 Å². The summed E-state index contributed by atoms with van der Waals surface area (Å²) >= 11 is 6.04. The predicted octanol–water partition coefficient (Wildman–Crippen LogP) is 4.66. The Labute approximate surface area is 180 Å². The summed E-state index contributed by atoms with van der Waals surface area (Å²) in [6, 6.07) is 14.7. The zero-order valence-corrected chi connectivity index (χ0v) is 18.2. The van der Waals surface area contributed by atoms with Crippen molar-refractivity contribution in [3.63, 3.8) is 0 Å². The average molecular weight is 444 g/mol. The number of halogens is 1. The Morgan fingerprint density at radius 3 is 2.57 bits per heavy atom. The first-order valence-corrected chi connectivity index (χ1v) is 11.9. The van der Waals surface area contributed by atoms with Gasteiger partial charge in [0.2, 0.25) is 21.8 Å². The topological polar surface area (TPSA) is 76.3 Å². The highest BCUT2D eigenvalue weighted by molar-refractivity contribution is 7.89. The maximum Gasteiger partial charge on any atom is 0.247 e. The first kappa shape index (κ1) is 19.7. The summed E-state index contributed by atoms with van der Waals surface area (Å²) in [5, 5.41) is 8.91. The van der Waals surface area contributed by atoms with E-state index in [4.69, 9.17) is 16.0 Å². The number of benzene rings is 2. The SMILES string of the molecule is Cc1ccc(Cl)cc1S(=O)(=O)N1CCC2(CC1)CC2c1nnc(-c2ccccc2)o1. The normalized spacial score (nSPS) is 21.1. The standard InChI is InChI=1S/C22H22ClN3O3S/c1-15-7-8-17(23)13-19(15)30(27,28)26-11-9-22(10-12-26)14-18(22)21-25-24-20(29-21)16-5-3-2-4-6-16/h2-8,13,18H,9-12,14H2,1H3. The maximum atomic E-state index is 13.1. The molecular formula is C22H22ClN3O3S. The summed E-state index contributed by atoms with van der Waals surface area (Å²) in [6.07, 6.45) is 2.55. The molecule has 0 amide bonds. The molecule has 2 aromatic carbocycles. The second-order valence-electron chi connectivity index (χ2n) is 8.24. The Kier molecular flexibility index (Phi) is 4.72. The third-order valence-corrected chi connectivity index (χ3v) is 8.71. The van der Waals surface area contributed by atoms with Crippen LogP contribution in [0.25, 0.3) is 11.5 Å². The van der Waals surface area contributed by atoms with Crippen LogP contribution in [0.2, 0.25) is 5.02 Å². The number of hydrogen-bond donors (Lipinski definition) is 0. The van der Waals surface area contributed by atoms with Gasteiger partial charge in [0.1, 0.15) is 0 Å². The van der Waals surface area contributed by atoms with Crippen molar-refractivity contribution in [2.45, 2.75) is 37.0 Å². The molecule has 1 spiro atoms. The first-order valence-electron chi connectivity index (χ1n) is 10.0. The van der Waals surface area contributed by atoms with Crippen LogP contribution in [-0.4, -0.2) is 36.0 Å². The fraction of sp³-hybridized carbons (Fsp3) is 0.364. The highest BCUT2D eigenvalue weighted by Gasteiger charge is 2.59. The monoisotopic (exact) mass is 443 g/mol. The summed E-state index contributed by atoms with van der Waals surface area (Å²) in [4.78, 5) is 0.294. The largest absolute Gasteiger partial charge is 0.420 e. The van der Waals surface area contributed by atoms with E-state index in [1.807, 2.05) is 30.3 Å². The second-order valence-corrected chi connectivity index (χ2v) is 10.6. The van der Waals surface area contributed by atoms with Gasteiger partial charge < -0.3 is 4.42 Å². The van der Waals surface area contributed by atoms with E-state index in [-0.39, 0.29) is 11.3 Å². The molecule has 1 unspecified atom stereocenters. The molecular weight excluding hydrogens is 422 g/mol. The van der Waals surface area contributed by atoms with Gasteiger partial charge in [-0.25, -0.2) is 8.42 Å². The minimum absolute atomic E-state index is 0.0654. The van der Waals surface area contributed by atoms with E-state index in [9.17, 15) is 8.42 Å². The Morgan fingerprint density at radius 2 is 1.83 bits per heavy atom. The van der Waals surface area contributed by atoms with E-state index in [2.05, 4.69) is 10.2 Å². The lowest BCUT2D eigenvalue weighted by atomic mass is 9.92. The van der Waals surface area contributed by atoms with Crippen LogP contribution in [-0.2, 0) is 10.0 Å². The summed E-state index contributed by atoms with van der Waals surface area (Å²) < 4.78 is 33.8. The van der Waals surface area contributed by atoms with Crippen molar-refractivity contribution in [3.8, 4) is 11.5 Å². The number of aromatic nitrogens is 2. The van der Waals surface area contributed by atoms with Crippen LogP contribution >= 0.6 is 11.6 Å². The van der Waals surface area contributed by atoms with Gasteiger partial charge in [-0.3, -0.25) is 0 Å². The Bertz CT molecular complexity index is 1190. The van der Waals surface area contributed by atoms with Gasteiger partial charge in [0.05, 0.1) is 4.90 Å². The minimum Gasteiger partial charge on any atom is -0.420 e. The minimum atomic E-state index is -3.55. The van der Waals surface area contributed by atoms with Crippen LogP contribution in [0, 0.1) is 12.3 Å². The molecule has 5 rings (SSSR count). The molecule has 8 heteroatoms. The summed E-state index contributed by atoms with van der Waals surface area (Å²) in [5.41, 5.74) is 1.68. The molecule has 2 aliphatic rings. The molecule has 1 saturated carbocycles. The van der Waals surface area contributed by atoms with Gasteiger partial charge in [0, 0.05) is 29.6 Å². The lowest BCUT2D eigenvalue weighted by molar-refractivity contribution is 0.246. The van der Waals surface area contributed by atoms with Crippen LogP contribution in [0.1, 0.15) is 36.6 Å². The van der Waals surface area contributed by atoms with Gasteiger partial charge >= 0.3 is 0 Å². The molecule has 2 heterocycles. The smallest absolute Gasteiger partial charge is 0.247 e. The van der Waals surface area contributed by atoms with E-state index in [1.54, 1.807) is 29.4 Å². The number of nitrogens with zero attached hydrogens (tertiary/aromatic N) is 3. The number of aryl methyl sites for hydroxylation is 1. The first-order chi connectivity index (χ1) is 14.4. The number of piperidine rings is 1. The maximum absolute atomic E-state index is 13.1. The van der Waals surface area contributed by atoms with Gasteiger partial charge in [-0.15, -0.1) is 10.2 Å². The number of sulfonamides is 1. The van der Waals surface area contributed by atoms with Crippen LogP contribution in [0.15, 0.2) is 57.8 Å². The molecule has 30 heavy (non-hydrogen) atoms. The quantitative estimate of drug-likeness (QED) is 0.586. The van der Waals surface area contributed by atoms with Gasteiger partial charge in [-0.05, 0) is 61.4 Å². The Hall–Kier alpha value is -2.22. The van der Waals surface area contributed by atoms with Crippen LogP contribution in [0.3, 0.4) is 0 Å². The summed E-state index contributed by atoms with van der Waals surface area (Å²) in [7, 11) is -3.55. The summed E-state index contributed by atoms with van der Waals surface area (Å²) in [6.45, 7) is 2.78. The molecule has 1 aliphatic carbocycles. The van der Waals surface area contributed by atoms with Crippen LogP contribution in [0.5, 0.6) is 0 Å². The number of rotatable bonds is 4. The van der Waals surface area contributed by atoms with E-state index < -0.39 is 10.0 Å². The van der Waals surface area contributed by atoms with E-state index in [1.165, 1.54) is 0 Å². The van der Waals surface area contributed by atoms with Crippen molar-refractivity contribution in [2.75, 3.05) is 13.1 Å². The van der Waals surface area contributed by atoms with Gasteiger partial charge in [-0.1, -0.05) is 35.9 Å². The molecule has 1 atom stereocenters. The van der Waals surface area contributed by atoms with Crippen molar-refractivity contribution in [1.82, 2.24) is 14.5 Å². The van der Waals surface area contributed by atoms with Crippen molar-refractivity contribution in [2.24, 2.45) is 5.41 Å². The molecule has 0 N–H and O–H groups in total. The fourth-order valence-corrected chi connectivity index (χ4v) is 6.41. The van der Waals surface area contributed by atoms with E-state index in [0.717, 1.165) is 24.8 Å². The van der Waals surface area contributed by atoms with Crippen LogP contribution in [0.4, 0.5) is 0 Å². The Morgan fingerprint density at radius 1 is 1.10 bits per heavy atom.